The molecule has 5 nitrogen and oxygen atoms in total. The Labute approximate surface area is 165 Å². The number of rotatable bonds is 6. The van der Waals surface area contributed by atoms with E-state index in [-0.39, 0.29) is 11.8 Å². The Balaban J connectivity index is 1.64. The number of fused-ring (bicyclic) bond motifs is 1. The van der Waals surface area contributed by atoms with Crippen molar-refractivity contribution >= 4 is 22.6 Å². The summed E-state index contributed by atoms with van der Waals surface area (Å²) in [6.45, 7) is 6.07. The van der Waals surface area contributed by atoms with Crippen molar-refractivity contribution in [3.63, 3.8) is 0 Å². The fourth-order valence-corrected chi connectivity index (χ4v) is 3.92. The number of hydrogen-bond acceptors (Lipinski definition) is 3. The molecular formula is C23H27N3O2. The second-order valence-corrected chi connectivity index (χ2v) is 7.90. The Morgan fingerprint density at radius 3 is 2.61 bits per heavy atom. The van der Waals surface area contributed by atoms with Gasteiger partial charge in [0, 0.05) is 31.1 Å². The van der Waals surface area contributed by atoms with E-state index in [0.29, 0.717) is 18.9 Å². The second-order valence-electron chi connectivity index (χ2n) is 7.90. The van der Waals surface area contributed by atoms with Gasteiger partial charge in [-0.15, -0.1) is 0 Å². The van der Waals surface area contributed by atoms with Crippen molar-refractivity contribution in [1.82, 2.24) is 9.55 Å². The van der Waals surface area contributed by atoms with Gasteiger partial charge >= 0.3 is 0 Å². The van der Waals surface area contributed by atoms with E-state index >= 15 is 0 Å². The van der Waals surface area contributed by atoms with Crippen molar-refractivity contribution in [3.8, 4) is 5.75 Å². The van der Waals surface area contributed by atoms with Crippen molar-refractivity contribution in [2.24, 2.45) is 5.92 Å². The Morgan fingerprint density at radius 2 is 1.89 bits per heavy atom. The standard InChI is InChI=1S/C23H27N3O2/c1-16(2)12-13-25-21-7-5-4-6-20(21)24-23(25)17-14-22(27)26(15-17)18-8-10-19(28-3)11-9-18/h4-11,16-17H,12-15H2,1-3H3/t17-/m1/s1. The highest BCUT2D eigenvalue weighted by Crippen LogP contribution is 2.34. The van der Waals surface area contributed by atoms with Gasteiger partial charge in [-0.05, 0) is 48.7 Å². The highest BCUT2D eigenvalue weighted by atomic mass is 16.5. The maximum Gasteiger partial charge on any atom is 0.227 e. The summed E-state index contributed by atoms with van der Waals surface area (Å²) in [4.78, 5) is 19.6. The molecule has 2 heterocycles. The molecule has 0 aliphatic carbocycles. The minimum Gasteiger partial charge on any atom is -0.497 e. The molecule has 1 saturated heterocycles. The van der Waals surface area contributed by atoms with E-state index in [4.69, 9.17) is 9.72 Å². The lowest BCUT2D eigenvalue weighted by Crippen LogP contribution is -2.24. The molecule has 1 aliphatic rings. The van der Waals surface area contributed by atoms with E-state index in [2.05, 4.69) is 36.6 Å². The molecule has 0 N–H and O–H groups in total. The van der Waals surface area contributed by atoms with Crippen LogP contribution >= 0.6 is 0 Å². The highest BCUT2D eigenvalue weighted by Gasteiger charge is 2.34. The van der Waals surface area contributed by atoms with Crippen LogP contribution in [0.4, 0.5) is 5.69 Å². The van der Waals surface area contributed by atoms with Crippen molar-refractivity contribution in [3.05, 3.63) is 54.4 Å². The van der Waals surface area contributed by atoms with Crippen molar-refractivity contribution < 1.29 is 9.53 Å². The Kier molecular flexibility index (Phi) is 5.07. The molecule has 4 rings (SSSR count). The van der Waals surface area contributed by atoms with E-state index in [0.717, 1.165) is 41.3 Å². The number of aryl methyl sites for hydroxylation is 1. The number of para-hydroxylation sites is 2. The monoisotopic (exact) mass is 377 g/mol. The van der Waals surface area contributed by atoms with Gasteiger partial charge in [0.05, 0.1) is 18.1 Å². The Morgan fingerprint density at radius 1 is 1.14 bits per heavy atom. The minimum atomic E-state index is 0.106. The number of imidazole rings is 1. The van der Waals surface area contributed by atoms with Gasteiger partial charge in [0.2, 0.25) is 5.91 Å². The predicted octanol–water partition coefficient (Wildman–Crippen LogP) is 4.61. The van der Waals surface area contributed by atoms with Gasteiger partial charge in [-0.25, -0.2) is 4.98 Å². The van der Waals surface area contributed by atoms with E-state index in [1.807, 2.05) is 35.2 Å². The average molecular weight is 377 g/mol. The molecular weight excluding hydrogens is 350 g/mol. The molecule has 0 bridgehead atoms. The summed E-state index contributed by atoms with van der Waals surface area (Å²) in [5.74, 6) is 2.70. The van der Waals surface area contributed by atoms with Gasteiger partial charge in [-0.3, -0.25) is 4.79 Å². The number of aromatic nitrogens is 2. The smallest absolute Gasteiger partial charge is 0.227 e. The lowest BCUT2D eigenvalue weighted by Gasteiger charge is -2.18. The first-order valence-corrected chi connectivity index (χ1v) is 9.96. The van der Waals surface area contributed by atoms with E-state index in [1.165, 1.54) is 0 Å². The molecule has 0 saturated carbocycles. The van der Waals surface area contributed by atoms with Gasteiger partial charge in [0.15, 0.2) is 0 Å². The normalized spacial score (nSPS) is 17.1. The molecule has 1 amide bonds. The molecule has 5 heteroatoms. The fraction of sp³-hybridized carbons (Fsp3) is 0.391. The van der Waals surface area contributed by atoms with Crippen LogP contribution in [-0.2, 0) is 11.3 Å². The topological polar surface area (TPSA) is 47.4 Å². The maximum atomic E-state index is 12.8. The van der Waals surface area contributed by atoms with Gasteiger partial charge in [-0.1, -0.05) is 26.0 Å². The largest absolute Gasteiger partial charge is 0.497 e. The Bertz CT molecular complexity index is 975. The molecule has 0 radical (unpaired) electrons. The maximum absolute atomic E-state index is 12.8. The zero-order chi connectivity index (χ0) is 19.7. The zero-order valence-corrected chi connectivity index (χ0v) is 16.8. The first-order valence-electron chi connectivity index (χ1n) is 9.96. The van der Waals surface area contributed by atoms with Gasteiger partial charge < -0.3 is 14.2 Å². The summed E-state index contributed by atoms with van der Waals surface area (Å²) in [5.41, 5.74) is 3.09. The molecule has 0 unspecified atom stereocenters. The molecule has 28 heavy (non-hydrogen) atoms. The summed E-state index contributed by atoms with van der Waals surface area (Å²) >= 11 is 0. The summed E-state index contributed by atoms with van der Waals surface area (Å²) in [5, 5.41) is 0. The zero-order valence-electron chi connectivity index (χ0n) is 16.8. The van der Waals surface area contributed by atoms with Crippen LogP contribution in [0.5, 0.6) is 5.75 Å². The van der Waals surface area contributed by atoms with Crippen LogP contribution in [0.3, 0.4) is 0 Å². The lowest BCUT2D eigenvalue weighted by molar-refractivity contribution is -0.117. The van der Waals surface area contributed by atoms with Crippen LogP contribution in [0, 0.1) is 5.92 Å². The van der Waals surface area contributed by atoms with Crippen molar-refractivity contribution in [2.45, 2.75) is 39.2 Å². The van der Waals surface area contributed by atoms with Crippen LogP contribution in [0.2, 0.25) is 0 Å². The van der Waals surface area contributed by atoms with Crippen LogP contribution in [0.15, 0.2) is 48.5 Å². The average Bonchev–Trinajstić information content (AvgIpc) is 3.27. The third-order valence-corrected chi connectivity index (χ3v) is 5.49. The highest BCUT2D eigenvalue weighted by molar-refractivity contribution is 5.96. The number of hydrogen-bond donors (Lipinski definition) is 0. The number of carbonyl (C=O) groups excluding carboxylic acids is 1. The third-order valence-electron chi connectivity index (χ3n) is 5.49. The summed E-state index contributed by atoms with van der Waals surface area (Å²) in [6.07, 6.45) is 1.59. The van der Waals surface area contributed by atoms with Gasteiger partial charge in [-0.2, -0.15) is 0 Å². The molecule has 1 atom stereocenters. The van der Waals surface area contributed by atoms with Gasteiger partial charge in [0.25, 0.3) is 0 Å². The SMILES string of the molecule is COc1ccc(N2C[C@H](c3nc4ccccc4n3CCC(C)C)CC2=O)cc1. The number of ether oxygens (including phenoxy) is 1. The molecule has 1 fully saturated rings. The minimum absolute atomic E-state index is 0.106. The summed E-state index contributed by atoms with van der Waals surface area (Å²) in [6, 6.07) is 16.0. The third kappa shape index (κ3) is 3.49. The van der Waals surface area contributed by atoms with Crippen LogP contribution in [0.1, 0.15) is 38.4 Å². The van der Waals surface area contributed by atoms with Crippen molar-refractivity contribution in [2.75, 3.05) is 18.6 Å². The molecule has 3 aromatic rings. The van der Waals surface area contributed by atoms with Gasteiger partial charge in [0.1, 0.15) is 11.6 Å². The molecule has 2 aromatic carbocycles. The number of benzene rings is 2. The number of methoxy groups -OCH3 is 1. The predicted molar refractivity (Wildman–Crippen MR) is 112 cm³/mol. The van der Waals surface area contributed by atoms with E-state index in [9.17, 15) is 4.79 Å². The molecule has 0 spiro atoms. The quantitative estimate of drug-likeness (QED) is 0.630. The number of nitrogens with zero attached hydrogens (tertiary/aromatic N) is 3. The summed E-state index contributed by atoms with van der Waals surface area (Å²) < 4.78 is 7.55. The van der Waals surface area contributed by atoms with Crippen molar-refractivity contribution in [1.29, 1.82) is 0 Å². The number of carbonyl (C=O) groups is 1. The fourth-order valence-electron chi connectivity index (χ4n) is 3.92. The first kappa shape index (κ1) is 18.5. The number of anilines is 1. The van der Waals surface area contributed by atoms with Crippen LogP contribution in [-0.4, -0.2) is 29.1 Å². The Hall–Kier alpha value is -2.82. The second kappa shape index (κ2) is 7.66. The lowest BCUT2D eigenvalue weighted by atomic mass is 10.1. The summed E-state index contributed by atoms with van der Waals surface area (Å²) in [7, 11) is 1.65. The van der Waals surface area contributed by atoms with E-state index in [1.54, 1.807) is 7.11 Å². The molecule has 146 valence electrons. The number of amides is 1. The first-order chi connectivity index (χ1) is 13.6. The van der Waals surface area contributed by atoms with Crippen LogP contribution in [0.25, 0.3) is 11.0 Å². The molecule has 1 aromatic heterocycles. The van der Waals surface area contributed by atoms with E-state index < -0.39 is 0 Å². The molecule has 1 aliphatic heterocycles. The van der Waals surface area contributed by atoms with Crippen LogP contribution < -0.4 is 9.64 Å².